The third-order valence-corrected chi connectivity index (χ3v) is 4.95. The maximum Gasteiger partial charge on any atom is 0.239 e. The number of likely N-dealkylation sites (N-methyl/N-ethyl adjacent to an activating group) is 1. The average molecular weight is 251 g/mol. The number of nitrogens with two attached hydrogens (primary N) is 1. The molecule has 3 aliphatic carbocycles. The molecule has 3 aliphatic rings. The Morgan fingerprint density at radius 1 is 1.28 bits per heavy atom. The van der Waals surface area contributed by atoms with Crippen LogP contribution in [0, 0.1) is 5.92 Å². The molecule has 0 aromatic rings. The number of hydrogen-bond donors (Lipinski definition) is 2. The van der Waals surface area contributed by atoms with E-state index in [4.69, 9.17) is 5.73 Å². The van der Waals surface area contributed by atoms with E-state index in [0.29, 0.717) is 18.0 Å². The number of primary amides is 1. The SMILES string of the molecule is CN(CC(NC1CC1)(C(N)=O)C1CC1)C1CCC1. The van der Waals surface area contributed by atoms with Gasteiger partial charge in [0.15, 0.2) is 0 Å². The van der Waals surface area contributed by atoms with E-state index in [1.807, 2.05) is 0 Å². The summed E-state index contributed by atoms with van der Waals surface area (Å²) in [5.41, 5.74) is 5.32. The van der Waals surface area contributed by atoms with Crippen molar-refractivity contribution in [1.82, 2.24) is 10.2 Å². The van der Waals surface area contributed by atoms with Crippen molar-refractivity contribution in [1.29, 1.82) is 0 Å². The summed E-state index contributed by atoms with van der Waals surface area (Å²) in [6, 6.07) is 1.20. The van der Waals surface area contributed by atoms with Crippen molar-refractivity contribution in [3.63, 3.8) is 0 Å². The van der Waals surface area contributed by atoms with Gasteiger partial charge in [-0.15, -0.1) is 0 Å². The van der Waals surface area contributed by atoms with Crippen molar-refractivity contribution in [2.24, 2.45) is 11.7 Å². The lowest BCUT2D eigenvalue weighted by molar-refractivity contribution is -0.126. The van der Waals surface area contributed by atoms with Gasteiger partial charge in [-0.05, 0) is 51.5 Å². The first-order valence-electron chi connectivity index (χ1n) is 7.39. The molecule has 1 atom stereocenters. The summed E-state index contributed by atoms with van der Waals surface area (Å²) in [6.45, 7) is 0.800. The van der Waals surface area contributed by atoms with Crippen molar-refractivity contribution < 1.29 is 4.79 Å². The molecule has 1 amide bonds. The van der Waals surface area contributed by atoms with Crippen LogP contribution < -0.4 is 11.1 Å². The molecule has 1 unspecified atom stereocenters. The van der Waals surface area contributed by atoms with Crippen LogP contribution >= 0.6 is 0 Å². The van der Waals surface area contributed by atoms with Gasteiger partial charge in [0, 0.05) is 18.6 Å². The molecule has 0 spiro atoms. The highest BCUT2D eigenvalue weighted by Crippen LogP contribution is 2.42. The molecule has 3 saturated carbocycles. The fourth-order valence-corrected chi connectivity index (χ4v) is 3.16. The highest BCUT2D eigenvalue weighted by atomic mass is 16.1. The maximum atomic E-state index is 12.1. The Bertz CT molecular complexity index is 334. The minimum absolute atomic E-state index is 0.136. The lowest BCUT2D eigenvalue weighted by atomic mass is 9.87. The Labute approximate surface area is 109 Å². The fraction of sp³-hybridized carbons (Fsp3) is 0.929. The van der Waals surface area contributed by atoms with Gasteiger partial charge in [-0.2, -0.15) is 0 Å². The largest absolute Gasteiger partial charge is 0.368 e. The molecule has 3 N–H and O–H groups in total. The van der Waals surface area contributed by atoms with Gasteiger partial charge in [0.1, 0.15) is 5.54 Å². The Hall–Kier alpha value is -0.610. The Balaban J connectivity index is 1.71. The fourth-order valence-electron chi connectivity index (χ4n) is 3.16. The molecular formula is C14H25N3O. The second kappa shape index (κ2) is 4.49. The van der Waals surface area contributed by atoms with Crippen molar-refractivity contribution >= 4 is 5.91 Å². The van der Waals surface area contributed by atoms with Gasteiger partial charge in [-0.3, -0.25) is 10.1 Å². The average Bonchev–Trinajstić information content (AvgIpc) is 3.08. The normalized spacial score (nSPS) is 27.9. The molecule has 0 radical (unpaired) electrons. The minimum atomic E-state index is -0.453. The monoisotopic (exact) mass is 251 g/mol. The predicted octanol–water partition coefficient (Wildman–Crippen LogP) is 0.857. The second-order valence-corrected chi connectivity index (χ2v) is 6.53. The smallest absolute Gasteiger partial charge is 0.239 e. The van der Waals surface area contributed by atoms with E-state index in [1.165, 1.54) is 32.1 Å². The van der Waals surface area contributed by atoms with Gasteiger partial charge in [-0.25, -0.2) is 0 Å². The number of carbonyl (C=O) groups is 1. The maximum absolute atomic E-state index is 12.1. The van der Waals surface area contributed by atoms with E-state index in [9.17, 15) is 4.79 Å². The van der Waals surface area contributed by atoms with E-state index in [1.54, 1.807) is 0 Å². The van der Waals surface area contributed by atoms with Crippen molar-refractivity contribution in [2.75, 3.05) is 13.6 Å². The highest BCUT2D eigenvalue weighted by molar-refractivity contribution is 5.86. The number of amides is 1. The first kappa shape index (κ1) is 12.4. The molecule has 0 saturated heterocycles. The summed E-state index contributed by atoms with van der Waals surface area (Å²) in [6.07, 6.45) is 8.60. The molecule has 3 fully saturated rings. The molecule has 0 aromatic heterocycles. The Morgan fingerprint density at radius 2 is 1.94 bits per heavy atom. The van der Waals surface area contributed by atoms with Crippen LogP contribution in [0.25, 0.3) is 0 Å². The summed E-state index contributed by atoms with van der Waals surface area (Å²) in [5, 5.41) is 3.58. The number of nitrogens with zero attached hydrogens (tertiary/aromatic N) is 1. The third-order valence-electron chi connectivity index (χ3n) is 4.95. The second-order valence-electron chi connectivity index (χ2n) is 6.53. The first-order valence-corrected chi connectivity index (χ1v) is 7.39. The van der Waals surface area contributed by atoms with Gasteiger partial charge in [0.25, 0.3) is 0 Å². The van der Waals surface area contributed by atoms with Crippen molar-refractivity contribution in [3.8, 4) is 0 Å². The predicted molar refractivity (Wildman–Crippen MR) is 71.1 cm³/mol. The van der Waals surface area contributed by atoms with E-state index < -0.39 is 5.54 Å². The summed E-state index contributed by atoms with van der Waals surface area (Å²) in [7, 11) is 2.15. The lowest BCUT2D eigenvalue weighted by Gasteiger charge is -2.42. The van der Waals surface area contributed by atoms with Crippen LogP contribution in [0.5, 0.6) is 0 Å². The Morgan fingerprint density at radius 3 is 2.33 bits per heavy atom. The van der Waals surface area contributed by atoms with Gasteiger partial charge < -0.3 is 10.6 Å². The number of nitrogens with one attached hydrogen (secondary N) is 1. The number of hydrogen-bond acceptors (Lipinski definition) is 3. The van der Waals surface area contributed by atoms with Crippen LogP contribution in [0.1, 0.15) is 44.9 Å². The summed E-state index contributed by atoms with van der Waals surface area (Å²) >= 11 is 0. The summed E-state index contributed by atoms with van der Waals surface area (Å²) in [5.74, 6) is 0.334. The van der Waals surface area contributed by atoms with Crippen LogP contribution in [0.3, 0.4) is 0 Å². The summed E-state index contributed by atoms with van der Waals surface area (Å²) in [4.78, 5) is 14.4. The van der Waals surface area contributed by atoms with Crippen molar-refractivity contribution in [3.05, 3.63) is 0 Å². The molecule has 0 aliphatic heterocycles. The topological polar surface area (TPSA) is 58.4 Å². The molecule has 0 heterocycles. The zero-order chi connectivity index (χ0) is 12.8. The van der Waals surface area contributed by atoms with Gasteiger partial charge in [0.2, 0.25) is 5.91 Å². The Kier molecular flexibility index (Phi) is 3.10. The standard InChI is InChI=1S/C14H25N3O/c1-17(12-3-2-4-12)9-14(13(15)18,10-5-6-10)16-11-7-8-11/h10-12,16H,2-9H2,1H3,(H2,15,18). The quantitative estimate of drug-likeness (QED) is 0.705. The number of rotatable bonds is 7. The highest BCUT2D eigenvalue weighted by Gasteiger charge is 2.52. The molecular weight excluding hydrogens is 226 g/mol. The van der Waals surface area contributed by atoms with Crippen LogP contribution in [0.2, 0.25) is 0 Å². The third kappa shape index (κ3) is 2.28. The molecule has 0 bridgehead atoms. The van der Waals surface area contributed by atoms with Crippen molar-refractivity contribution in [2.45, 2.75) is 62.6 Å². The summed E-state index contributed by atoms with van der Waals surface area (Å²) < 4.78 is 0. The zero-order valence-electron chi connectivity index (χ0n) is 11.3. The molecule has 3 rings (SSSR count). The van der Waals surface area contributed by atoms with Crippen LogP contribution in [0.4, 0.5) is 0 Å². The molecule has 4 nitrogen and oxygen atoms in total. The minimum Gasteiger partial charge on any atom is -0.368 e. The van der Waals surface area contributed by atoms with Gasteiger partial charge in [-0.1, -0.05) is 6.42 Å². The van der Waals surface area contributed by atoms with E-state index >= 15 is 0 Å². The van der Waals surface area contributed by atoms with Gasteiger partial charge >= 0.3 is 0 Å². The van der Waals surface area contributed by atoms with Gasteiger partial charge in [0.05, 0.1) is 0 Å². The van der Waals surface area contributed by atoms with Crippen LogP contribution in [0.15, 0.2) is 0 Å². The molecule has 18 heavy (non-hydrogen) atoms. The first-order chi connectivity index (χ1) is 8.62. The van der Waals surface area contributed by atoms with Crippen LogP contribution in [-0.4, -0.2) is 42.0 Å². The molecule has 102 valence electrons. The molecule has 4 heteroatoms. The van der Waals surface area contributed by atoms with E-state index in [2.05, 4.69) is 17.3 Å². The van der Waals surface area contributed by atoms with E-state index in [0.717, 1.165) is 19.4 Å². The molecule has 0 aromatic carbocycles. The number of carbonyl (C=O) groups excluding carboxylic acids is 1. The van der Waals surface area contributed by atoms with Crippen LogP contribution in [-0.2, 0) is 4.79 Å². The van der Waals surface area contributed by atoms with E-state index in [-0.39, 0.29) is 5.91 Å². The zero-order valence-corrected chi connectivity index (χ0v) is 11.3. The lowest BCUT2D eigenvalue weighted by Crippen LogP contribution is -2.64.